The minimum Gasteiger partial charge on any atom is -0.356 e. The summed E-state index contributed by atoms with van der Waals surface area (Å²) in [5.41, 5.74) is 0.904. The number of halogens is 3. The number of alkyl halides is 3. The van der Waals surface area contributed by atoms with Gasteiger partial charge < -0.3 is 9.80 Å². The van der Waals surface area contributed by atoms with Gasteiger partial charge in [0.25, 0.3) is 0 Å². The first-order valence-corrected chi connectivity index (χ1v) is 9.98. The fraction of sp³-hybridized carbons (Fsp3) is 0.550. The molecule has 2 aromatic rings. The zero-order valence-electron chi connectivity index (χ0n) is 16.5. The summed E-state index contributed by atoms with van der Waals surface area (Å²) in [7, 11) is 0. The van der Waals surface area contributed by atoms with Crippen LogP contribution in [-0.2, 0) is 12.7 Å². The molecular weight excluding hydrogens is 381 g/mol. The molecule has 0 bridgehead atoms. The van der Waals surface area contributed by atoms with Crippen LogP contribution in [0.3, 0.4) is 0 Å². The molecule has 0 radical (unpaired) electrons. The molecule has 0 aliphatic carbocycles. The second-order valence-electron chi connectivity index (χ2n) is 7.67. The Morgan fingerprint density at radius 3 is 2.28 bits per heavy atom. The molecule has 156 valence electrons. The predicted molar refractivity (Wildman–Crippen MR) is 105 cm³/mol. The summed E-state index contributed by atoms with van der Waals surface area (Å²) in [5, 5.41) is 0. The maximum Gasteiger partial charge on any atom is 0.433 e. The van der Waals surface area contributed by atoms with Crippen LogP contribution in [0.2, 0.25) is 0 Å². The van der Waals surface area contributed by atoms with Gasteiger partial charge in [-0.05, 0) is 31.4 Å². The van der Waals surface area contributed by atoms with Crippen LogP contribution < -0.4 is 9.80 Å². The van der Waals surface area contributed by atoms with E-state index in [1.165, 1.54) is 25.1 Å². The molecule has 9 heteroatoms. The monoisotopic (exact) mass is 406 g/mol. The number of hydrogen-bond donors (Lipinski definition) is 0. The predicted octanol–water partition coefficient (Wildman–Crippen LogP) is 3.12. The van der Waals surface area contributed by atoms with Crippen molar-refractivity contribution in [3.63, 3.8) is 0 Å². The Balaban J connectivity index is 1.36. The molecule has 0 spiro atoms. The molecular formula is C20H25F3N6. The third-order valence-electron chi connectivity index (χ3n) is 5.44. The molecule has 6 nitrogen and oxygen atoms in total. The number of aromatic nitrogens is 3. The summed E-state index contributed by atoms with van der Waals surface area (Å²) < 4.78 is 37.9. The topological polar surface area (TPSA) is 48.4 Å². The Hall–Kier alpha value is -2.42. The molecule has 2 aliphatic rings. The minimum absolute atomic E-state index is 0.590. The van der Waals surface area contributed by atoms with E-state index < -0.39 is 11.9 Å². The lowest BCUT2D eigenvalue weighted by Gasteiger charge is -2.35. The molecule has 4 heterocycles. The van der Waals surface area contributed by atoms with Crippen LogP contribution in [0.15, 0.2) is 24.4 Å². The Kier molecular flexibility index (Phi) is 5.58. The fourth-order valence-corrected chi connectivity index (χ4v) is 3.84. The van der Waals surface area contributed by atoms with Gasteiger partial charge in [0.1, 0.15) is 11.5 Å². The number of rotatable bonds is 4. The first-order valence-electron chi connectivity index (χ1n) is 9.98. The fourth-order valence-electron chi connectivity index (χ4n) is 3.84. The largest absolute Gasteiger partial charge is 0.433 e. The van der Waals surface area contributed by atoms with Crippen LogP contribution in [0, 0.1) is 6.92 Å². The third-order valence-corrected chi connectivity index (χ3v) is 5.44. The van der Waals surface area contributed by atoms with Crippen LogP contribution in [0.25, 0.3) is 0 Å². The van der Waals surface area contributed by atoms with Crippen molar-refractivity contribution in [1.82, 2.24) is 19.9 Å². The standard InChI is InChI=1S/C20H25F3N6/c1-15-12-18(28-6-2-3-7-28)26-19(25-15)29-10-8-27(9-11-29)14-16-4-5-17(24-13-16)20(21,22)23/h4-5,12-13H,2-3,6-11,14H2,1H3. The molecule has 0 N–H and O–H groups in total. The van der Waals surface area contributed by atoms with Gasteiger partial charge >= 0.3 is 6.18 Å². The van der Waals surface area contributed by atoms with Gasteiger partial charge in [-0.3, -0.25) is 9.88 Å². The molecule has 0 amide bonds. The van der Waals surface area contributed by atoms with Crippen LogP contribution in [0.5, 0.6) is 0 Å². The molecule has 0 aromatic carbocycles. The number of piperazine rings is 1. The number of aryl methyl sites for hydroxylation is 1. The SMILES string of the molecule is Cc1cc(N2CCCC2)nc(N2CCN(Cc3ccc(C(F)(F)F)nc3)CC2)n1. The highest BCUT2D eigenvalue weighted by molar-refractivity contribution is 5.46. The van der Waals surface area contributed by atoms with Crippen molar-refractivity contribution in [1.29, 1.82) is 0 Å². The van der Waals surface area contributed by atoms with E-state index in [-0.39, 0.29) is 0 Å². The van der Waals surface area contributed by atoms with Crippen molar-refractivity contribution in [2.75, 3.05) is 49.1 Å². The van der Waals surface area contributed by atoms with Crippen LogP contribution in [0.4, 0.5) is 24.9 Å². The van der Waals surface area contributed by atoms with E-state index in [0.29, 0.717) is 6.54 Å². The van der Waals surface area contributed by atoms with E-state index in [4.69, 9.17) is 4.98 Å². The van der Waals surface area contributed by atoms with E-state index in [1.807, 2.05) is 13.0 Å². The lowest BCUT2D eigenvalue weighted by molar-refractivity contribution is -0.141. The maximum absolute atomic E-state index is 12.6. The van der Waals surface area contributed by atoms with Gasteiger partial charge in [0.05, 0.1) is 0 Å². The lowest BCUT2D eigenvalue weighted by atomic mass is 10.2. The van der Waals surface area contributed by atoms with E-state index >= 15 is 0 Å². The molecule has 4 rings (SSSR count). The Morgan fingerprint density at radius 2 is 1.66 bits per heavy atom. The maximum atomic E-state index is 12.6. The number of hydrogen-bond acceptors (Lipinski definition) is 6. The summed E-state index contributed by atoms with van der Waals surface area (Å²) in [6.07, 6.45) is -0.668. The van der Waals surface area contributed by atoms with Gasteiger partial charge in [0, 0.05) is 63.8 Å². The molecule has 2 aliphatic heterocycles. The van der Waals surface area contributed by atoms with Crippen molar-refractivity contribution >= 4 is 11.8 Å². The van der Waals surface area contributed by atoms with Crippen molar-refractivity contribution in [3.05, 3.63) is 41.3 Å². The van der Waals surface area contributed by atoms with Gasteiger partial charge in [0.2, 0.25) is 5.95 Å². The average Bonchev–Trinajstić information content (AvgIpc) is 3.23. The average molecular weight is 406 g/mol. The van der Waals surface area contributed by atoms with E-state index in [2.05, 4.69) is 24.7 Å². The van der Waals surface area contributed by atoms with Crippen LogP contribution in [0.1, 0.15) is 29.8 Å². The lowest BCUT2D eigenvalue weighted by Crippen LogP contribution is -2.46. The summed E-state index contributed by atoms with van der Waals surface area (Å²) in [5.74, 6) is 1.77. The minimum atomic E-state index is -4.40. The van der Waals surface area contributed by atoms with E-state index in [0.717, 1.165) is 68.4 Å². The quantitative estimate of drug-likeness (QED) is 0.778. The Morgan fingerprint density at radius 1 is 0.931 bits per heavy atom. The smallest absolute Gasteiger partial charge is 0.356 e. The van der Waals surface area contributed by atoms with E-state index in [9.17, 15) is 13.2 Å². The number of pyridine rings is 1. The molecule has 2 saturated heterocycles. The Bertz CT molecular complexity index is 825. The van der Waals surface area contributed by atoms with Crippen molar-refractivity contribution < 1.29 is 13.2 Å². The van der Waals surface area contributed by atoms with E-state index in [1.54, 1.807) is 0 Å². The molecule has 2 fully saturated rings. The molecule has 2 aromatic heterocycles. The molecule has 0 saturated carbocycles. The van der Waals surface area contributed by atoms with Crippen molar-refractivity contribution in [2.45, 2.75) is 32.5 Å². The Labute approximate surface area is 168 Å². The summed E-state index contributed by atoms with van der Waals surface area (Å²) in [4.78, 5) is 19.7. The molecule has 0 atom stereocenters. The van der Waals surface area contributed by atoms with Gasteiger partial charge in [-0.15, -0.1) is 0 Å². The van der Waals surface area contributed by atoms with Gasteiger partial charge in [-0.2, -0.15) is 18.2 Å². The first kappa shape index (κ1) is 19.9. The zero-order chi connectivity index (χ0) is 20.4. The molecule has 0 unspecified atom stereocenters. The summed E-state index contributed by atoms with van der Waals surface area (Å²) >= 11 is 0. The number of anilines is 2. The highest BCUT2D eigenvalue weighted by Crippen LogP contribution is 2.27. The zero-order valence-corrected chi connectivity index (χ0v) is 16.5. The second-order valence-corrected chi connectivity index (χ2v) is 7.67. The summed E-state index contributed by atoms with van der Waals surface area (Å²) in [6, 6.07) is 4.60. The second kappa shape index (κ2) is 8.14. The van der Waals surface area contributed by atoms with Gasteiger partial charge in [0.15, 0.2) is 0 Å². The van der Waals surface area contributed by atoms with Crippen molar-refractivity contribution in [3.8, 4) is 0 Å². The highest BCUT2D eigenvalue weighted by Gasteiger charge is 2.32. The summed E-state index contributed by atoms with van der Waals surface area (Å²) in [6.45, 7) is 7.86. The van der Waals surface area contributed by atoms with Crippen LogP contribution >= 0.6 is 0 Å². The first-order chi connectivity index (χ1) is 13.9. The molecule has 29 heavy (non-hydrogen) atoms. The number of nitrogens with zero attached hydrogens (tertiary/aromatic N) is 6. The van der Waals surface area contributed by atoms with Crippen molar-refractivity contribution in [2.24, 2.45) is 0 Å². The highest BCUT2D eigenvalue weighted by atomic mass is 19.4. The third kappa shape index (κ3) is 4.77. The van der Waals surface area contributed by atoms with Gasteiger partial charge in [-0.25, -0.2) is 4.98 Å². The normalized spacial score (nSPS) is 18.5. The van der Waals surface area contributed by atoms with Gasteiger partial charge in [-0.1, -0.05) is 6.07 Å². The van der Waals surface area contributed by atoms with Crippen LogP contribution in [-0.4, -0.2) is 59.1 Å².